The first-order valence-electron chi connectivity index (χ1n) is 7.22. The van der Waals surface area contributed by atoms with Gasteiger partial charge in [0.2, 0.25) is 6.79 Å². The predicted octanol–water partition coefficient (Wildman–Crippen LogP) is 3.90. The van der Waals surface area contributed by atoms with E-state index in [1.54, 1.807) is 11.8 Å². The van der Waals surface area contributed by atoms with Crippen molar-refractivity contribution in [2.45, 2.75) is 11.8 Å². The van der Waals surface area contributed by atoms with Crippen molar-refractivity contribution < 1.29 is 9.47 Å². The molecule has 3 aromatic rings. The number of thioether (sulfide) groups is 1. The van der Waals surface area contributed by atoms with Crippen LogP contribution in [0.5, 0.6) is 11.5 Å². The lowest BCUT2D eigenvalue weighted by Gasteiger charge is -2.06. The lowest BCUT2D eigenvalue weighted by atomic mass is 10.0. The van der Waals surface area contributed by atoms with Gasteiger partial charge in [-0.25, -0.2) is 0 Å². The molecule has 0 radical (unpaired) electrons. The van der Waals surface area contributed by atoms with Crippen LogP contribution in [0.1, 0.15) is 5.56 Å². The van der Waals surface area contributed by atoms with Crippen LogP contribution in [0.15, 0.2) is 41.3 Å². The Kier molecular flexibility index (Phi) is 3.46. The Balaban J connectivity index is 1.79. The number of fused-ring (bicyclic) bond motifs is 1. The second kappa shape index (κ2) is 5.62. The van der Waals surface area contributed by atoms with Crippen LogP contribution in [-0.4, -0.2) is 28.5 Å². The molecule has 0 unspecified atom stereocenters. The number of benzene rings is 2. The van der Waals surface area contributed by atoms with Crippen molar-refractivity contribution in [3.63, 3.8) is 0 Å². The van der Waals surface area contributed by atoms with Gasteiger partial charge in [-0.1, -0.05) is 17.3 Å². The Morgan fingerprint density at radius 1 is 1.09 bits per heavy atom. The van der Waals surface area contributed by atoms with Gasteiger partial charge >= 0.3 is 0 Å². The van der Waals surface area contributed by atoms with Gasteiger partial charge in [-0.2, -0.15) is 0 Å². The molecule has 0 atom stereocenters. The van der Waals surface area contributed by atoms with Gasteiger partial charge in [0, 0.05) is 16.0 Å². The number of H-pyrrole nitrogens is 1. The van der Waals surface area contributed by atoms with Crippen LogP contribution in [0.3, 0.4) is 0 Å². The van der Waals surface area contributed by atoms with Crippen LogP contribution in [0.25, 0.3) is 22.5 Å². The van der Waals surface area contributed by atoms with Gasteiger partial charge < -0.3 is 9.47 Å². The minimum absolute atomic E-state index is 0.265. The number of nitrogens with one attached hydrogen (secondary N) is 1. The van der Waals surface area contributed by atoms with Crippen molar-refractivity contribution in [3.05, 3.63) is 42.0 Å². The molecule has 1 aromatic heterocycles. The molecule has 23 heavy (non-hydrogen) atoms. The molecular formula is C17H15N3O2S. The maximum atomic E-state index is 5.51. The minimum atomic E-state index is 0.265. The largest absolute Gasteiger partial charge is 0.454 e. The Bertz CT molecular complexity index is 859. The molecule has 6 heteroatoms. The zero-order valence-corrected chi connectivity index (χ0v) is 13.6. The number of aryl methyl sites for hydroxylation is 1. The molecule has 1 aliphatic heterocycles. The maximum Gasteiger partial charge on any atom is 0.231 e. The van der Waals surface area contributed by atoms with Gasteiger partial charge in [-0.15, -0.1) is 16.9 Å². The highest BCUT2D eigenvalue weighted by atomic mass is 32.2. The van der Waals surface area contributed by atoms with Crippen LogP contribution < -0.4 is 9.47 Å². The van der Waals surface area contributed by atoms with Crippen LogP contribution >= 0.6 is 11.8 Å². The number of hydrogen-bond acceptors (Lipinski definition) is 5. The summed E-state index contributed by atoms with van der Waals surface area (Å²) in [5.41, 5.74) is 4.75. The third-order valence-electron chi connectivity index (χ3n) is 3.86. The minimum Gasteiger partial charge on any atom is -0.454 e. The monoisotopic (exact) mass is 325 g/mol. The summed E-state index contributed by atoms with van der Waals surface area (Å²) in [6.45, 7) is 2.27. The number of hydrogen-bond donors (Lipinski definition) is 1. The topological polar surface area (TPSA) is 60.0 Å². The Morgan fingerprint density at radius 3 is 2.70 bits per heavy atom. The number of nitrogens with zero attached hydrogens (tertiary/aromatic N) is 2. The van der Waals surface area contributed by atoms with Gasteiger partial charge in [0.25, 0.3) is 0 Å². The van der Waals surface area contributed by atoms with Crippen molar-refractivity contribution in [1.82, 2.24) is 15.4 Å². The number of rotatable bonds is 3. The lowest BCUT2D eigenvalue weighted by molar-refractivity contribution is 0.173. The van der Waals surface area contributed by atoms with Gasteiger partial charge in [0.15, 0.2) is 11.5 Å². The predicted molar refractivity (Wildman–Crippen MR) is 89.9 cm³/mol. The number of aromatic nitrogens is 3. The third-order valence-corrected chi connectivity index (χ3v) is 4.60. The Morgan fingerprint density at radius 2 is 1.91 bits per heavy atom. The van der Waals surface area contributed by atoms with Crippen LogP contribution in [0.2, 0.25) is 0 Å². The van der Waals surface area contributed by atoms with E-state index in [9.17, 15) is 0 Å². The molecular weight excluding hydrogens is 310 g/mol. The standard InChI is InChI=1S/C17H15N3O2S/c1-10-7-12(8-14-17(10)22-9-21-14)16-15(18-20-19-16)11-3-5-13(23-2)6-4-11/h3-8H,9H2,1-2H3,(H,18,19,20). The zero-order chi connectivity index (χ0) is 15.8. The zero-order valence-electron chi connectivity index (χ0n) is 12.8. The van der Waals surface area contributed by atoms with E-state index >= 15 is 0 Å². The molecule has 0 spiro atoms. The van der Waals surface area contributed by atoms with Crippen LogP contribution in [0.4, 0.5) is 0 Å². The fourth-order valence-electron chi connectivity index (χ4n) is 2.71. The van der Waals surface area contributed by atoms with Crippen LogP contribution in [0, 0.1) is 6.92 Å². The Hall–Kier alpha value is -2.47. The average Bonchev–Trinajstić information content (AvgIpc) is 3.24. The van der Waals surface area contributed by atoms with E-state index in [-0.39, 0.29) is 6.79 Å². The molecule has 4 rings (SSSR count). The molecule has 0 aliphatic carbocycles. The van der Waals surface area contributed by atoms with Gasteiger partial charge in [-0.3, -0.25) is 5.10 Å². The number of ether oxygens (including phenoxy) is 2. The van der Waals surface area contributed by atoms with Crippen molar-refractivity contribution in [3.8, 4) is 34.0 Å². The molecule has 0 bridgehead atoms. The van der Waals surface area contributed by atoms with Gasteiger partial charge in [0.05, 0.1) is 5.69 Å². The van der Waals surface area contributed by atoms with Crippen molar-refractivity contribution in [2.75, 3.05) is 13.0 Å². The van der Waals surface area contributed by atoms with E-state index in [1.807, 2.05) is 19.1 Å². The highest BCUT2D eigenvalue weighted by Gasteiger charge is 2.20. The van der Waals surface area contributed by atoms with Gasteiger partial charge in [-0.05, 0) is 43.0 Å². The average molecular weight is 325 g/mol. The fraction of sp³-hybridized carbons (Fsp3) is 0.176. The van der Waals surface area contributed by atoms with E-state index in [0.717, 1.165) is 39.6 Å². The van der Waals surface area contributed by atoms with E-state index in [1.165, 1.54) is 4.90 Å². The first-order chi connectivity index (χ1) is 11.3. The normalized spacial score (nSPS) is 12.6. The fourth-order valence-corrected chi connectivity index (χ4v) is 3.12. The molecule has 0 fully saturated rings. The molecule has 0 saturated heterocycles. The lowest BCUT2D eigenvalue weighted by Crippen LogP contribution is -1.93. The van der Waals surface area contributed by atoms with E-state index in [4.69, 9.17) is 9.47 Å². The Labute approximate surface area is 138 Å². The van der Waals surface area contributed by atoms with E-state index in [2.05, 4.69) is 45.9 Å². The van der Waals surface area contributed by atoms with Gasteiger partial charge in [0.1, 0.15) is 5.69 Å². The molecule has 5 nitrogen and oxygen atoms in total. The molecule has 1 aliphatic rings. The quantitative estimate of drug-likeness (QED) is 0.740. The second-order valence-electron chi connectivity index (χ2n) is 5.29. The summed E-state index contributed by atoms with van der Waals surface area (Å²) < 4.78 is 11.0. The first-order valence-corrected chi connectivity index (χ1v) is 8.45. The smallest absolute Gasteiger partial charge is 0.231 e. The van der Waals surface area contributed by atoms with Crippen LogP contribution in [-0.2, 0) is 0 Å². The van der Waals surface area contributed by atoms with Crippen molar-refractivity contribution in [1.29, 1.82) is 0 Å². The molecule has 116 valence electrons. The van der Waals surface area contributed by atoms with Crippen molar-refractivity contribution in [2.24, 2.45) is 0 Å². The number of aromatic amines is 1. The summed E-state index contributed by atoms with van der Waals surface area (Å²) in [6.07, 6.45) is 2.06. The summed E-state index contributed by atoms with van der Waals surface area (Å²) in [5.74, 6) is 1.56. The third kappa shape index (κ3) is 2.45. The summed E-state index contributed by atoms with van der Waals surface area (Å²) in [4.78, 5) is 1.22. The van der Waals surface area contributed by atoms with E-state index < -0.39 is 0 Å². The molecule has 2 heterocycles. The molecule has 1 N–H and O–H groups in total. The molecule has 0 saturated carbocycles. The summed E-state index contributed by atoms with van der Waals surface area (Å²) >= 11 is 1.72. The second-order valence-corrected chi connectivity index (χ2v) is 6.17. The van der Waals surface area contributed by atoms with Crippen molar-refractivity contribution >= 4 is 11.8 Å². The molecule has 0 amide bonds. The maximum absolute atomic E-state index is 5.51. The first kappa shape index (κ1) is 14.1. The molecule has 2 aromatic carbocycles. The summed E-state index contributed by atoms with van der Waals surface area (Å²) in [7, 11) is 0. The summed E-state index contributed by atoms with van der Waals surface area (Å²) in [6, 6.07) is 12.3. The SMILES string of the molecule is CSc1ccc(-c2[nH]nnc2-c2cc(C)c3c(c2)OCO3)cc1. The highest BCUT2D eigenvalue weighted by molar-refractivity contribution is 7.98. The summed E-state index contributed by atoms with van der Waals surface area (Å²) in [5, 5.41) is 11.3. The van der Waals surface area contributed by atoms with E-state index in [0.29, 0.717) is 0 Å². The highest BCUT2D eigenvalue weighted by Crippen LogP contribution is 2.40.